The standard InChI is InChI=1S/C22H18BrN3O4S/c23-17-8-6-15(7-9-17)14-20(26-21(27)16-4-2-1-3-5-16)22(28)25-18-10-12-19(13-11-18)31(24,29)30/h1-14H,(H,25,28)(H,26,27)(H2,24,29,30). The highest BCUT2D eigenvalue weighted by Crippen LogP contribution is 2.16. The van der Waals surface area contributed by atoms with Crippen LogP contribution in [-0.4, -0.2) is 20.2 Å². The number of anilines is 1. The van der Waals surface area contributed by atoms with Gasteiger partial charge in [-0.2, -0.15) is 0 Å². The SMILES string of the molecule is NS(=O)(=O)c1ccc(NC(=O)C(=Cc2ccc(Br)cc2)NC(=O)c2ccccc2)cc1. The normalized spacial score (nSPS) is 11.6. The van der Waals surface area contributed by atoms with E-state index in [0.29, 0.717) is 16.8 Å². The molecule has 0 atom stereocenters. The van der Waals surface area contributed by atoms with Gasteiger partial charge in [0, 0.05) is 15.7 Å². The van der Waals surface area contributed by atoms with Gasteiger partial charge >= 0.3 is 0 Å². The van der Waals surface area contributed by atoms with Gasteiger partial charge in [-0.3, -0.25) is 9.59 Å². The van der Waals surface area contributed by atoms with E-state index in [2.05, 4.69) is 26.6 Å². The topological polar surface area (TPSA) is 118 Å². The van der Waals surface area contributed by atoms with E-state index in [1.54, 1.807) is 48.5 Å². The van der Waals surface area contributed by atoms with Gasteiger partial charge in [0.1, 0.15) is 5.70 Å². The first kappa shape index (κ1) is 22.4. The lowest BCUT2D eigenvalue weighted by Crippen LogP contribution is -2.30. The zero-order valence-corrected chi connectivity index (χ0v) is 18.5. The summed E-state index contributed by atoms with van der Waals surface area (Å²) in [5.41, 5.74) is 1.46. The largest absolute Gasteiger partial charge is 0.321 e. The summed E-state index contributed by atoms with van der Waals surface area (Å²) in [6, 6.07) is 21.1. The molecule has 0 aliphatic rings. The fourth-order valence-electron chi connectivity index (χ4n) is 2.59. The van der Waals surface area contributed by atoms with Gasteiger partial charge in [-0.25, -0.2) is 13.6 Å². The van der Waals surface area contributed by atoms with E-state index >= 15 is 0 Å². The lowest BCUT2D eigenvalue weighted by Gasteiger charge is -2.12. The summed E-state index contributed by atoms with van der Waals surface area (Å²) in [5.74, 6) is -1.01. The number of primary sulfonamides is 1. The highest BCUT2D eigenvalue weighted by atomic mass is 79.9. The first-order chi connectivity index (χ1) is 14.7. The highest BCUT2D eigenvalue weighted by Gasteiger charge is 2.15. The molecule has 0 aliphatic carbocycles. The van der Waals surface area contributed by atoms with Gasteiger partial charge in [-0.1, -0.05) is 46.3 Å². The van der Waals surface area contributed by atoms with E-state index in [9.17, 15) is 18.0 Å². The third-order valence-electron chi connectivity index (χ3n) is 4.15. The maximum atomic E-state index is 12.9. The van der Waals surface area contributed by atoms with Gasteiger partial charge in [0.2, 0.25) is 10.0 Å². The molecule has 0 saturated carbocycles. The van der Waals surface area contributed by atoms with Crippen molar-refractivity contribution >= 4 is 49.5 Å². The quantitative estimate of drug-likeness (QED) is 0.449. The van der Waals surface area contributed by atoms with Crippen LogP contribution in [0.5, 0.6) is 0 Å². The molecule has 3 aromatic carbocycles. The third-order valence-corrected chi connectivity index (χ3v) is 5.61. The number of carbonyl (C=O) groups is 2. The molecule has 0 heterocycles. The molecule has 0 saturated heterocycles. The number of rotatable bonds is 6. The van der Waals surface area contributed by atoms with Gasteiger partial charge in [0.25, 0.3) is 11.8 Å². The Morgan fingerprint density at radius 1 is 0.871 bits per heavy atom. The van der Waals surface area contributed by atoms with Crippen molar-refractivity contribution in [1.82, 2.24) is 5.32 Å². The minimum Gasteiger partial charge on any atom is -0.321 e. The Hall–Kier alpha value is -3.27. The number of benzene rings is 3. The van der Waals surface area contributed by atoms with Crippen LogP contribution in [-0.2, 0) is 14.8 Å². The summed E-state index contributed by atoms with van der Waals surface area (Å²) < 4.78 is 23.7. The second-order valence-electron chi connectivity index (χ2n) is 6.45. The molecule has 158 valence electrons. The number of nitrogens with two attached hydrogens (primary N) is 1. The van der Waals surface area contributed by atoms with E-state index in [1.807, 2.05) is 12.1 Å². The van der Waals surface area contributed by atoms with Crippen LogP contribution in [0.15, 0.2) is 93.9 Å². The Morgan fingerprint density at radius 3 is 2.06 bits per heavy atom. The van der Waals surface area contributed by atoms with Crippen molar-refractivity contribution in [2.45, 2.75) is 4.90 Å². The number of carbonyl (C=O) groups excluding carboxylic acids is 2. The van der Waals surface area contributed by atoms with Crippen LogP contribution in [0.3, 0.4) is 0 Å². The Balaban J connectivity index is 1.86. The first-order valence-electron chi connectivity index (χ1n) is 9.00. The molecule has 0 fully saturated rings. The monoisotopic (exact) mass is 499 g/mol. The molecule has 9 heteroatoms. The molecule has 3 rings (SSSR count). The van der Waals surface area contributed by atoms with E-state index in [4.69, 9.17) is 5.14 Å². The number of halogens is 1. The minimum atomic E-state index is -3.84. The van der Waals surface area contributed by atoms with E-state index in [1.165, 1.54) is 24.3 Å². The molecule has 7 nitrogen and oxygen atoms in total. The van der Waals surface area contributed by atoms with Crippen LogP contribution in [0.1, 0.15) is 15.9 Å². The van der Waals surface area contributed by atoms with Crippen LogP contribution < -0.4 is 15.8 Å². The summed E-state index contributed by atoms with van der Waals surface area (Å²) in [6.07, 6.45) is 1.54. The first-order valence-corrected chi connectivity index (χ1v) is 11.3. The fraction of sp³-hybridized carbons (Fsp3) is 0. The molecular formula is C22H18BrN3O4S. The number of amides is 2. The van der Waals surface area contributed by atoms with Crippen molar-refractivity contribution in [3.8, 4) is 0 Å². The highest BCUT2D eigenvalue weighted by molar-refractivity contribution is 9.10. The van der Waals surface area contributed by atoms with Gasteiger partial charge in [0.15, 0.2) is 0 Å². The van der Waals surface area contributed by atoms with Crippen molar-refractivity contribution in [2.24, 2.45) is 5.14 Å². The second kappa shape index (κ2) is 9.69. The van der Waals surface area contributed by atoms with Gasteiger partial charge in [0.05, 0.1) is 4.90 Å². The van der Waals surface area contributed by atoms with E-state index < -0.39 is 21.8 Å². The Kier molecular flexibility index (Phi) is 7.01. The molecule has 0 spiro atoms. The zero-order chi connectivity index (χ0) is 22.4. The minimum absolute atomic E-state index is 0.0201. The lowest BCUT2D eigenvalue weighted by molar-refractivity contribution is -0.113. The average molecular weight is 500 g/mol. The number of hydrogen-bond donors (Lipinski definition) is 3. The predicted molar refractivity (Wildman–Crippen MR) is 122 cm³/mol. The second-order valence-corrected chi connectivity index (χ2v) is 8.93. The van der Waals surface area contributed by atoms with Crippen molar-refractivity contribution < 1.29 is 18.0 Å². The van der Waals surface area contributed by atoms with Crippen LogP contribution >= 0.6 is 15.9 Å². The molecule has 0 aliphatic heterocycles. The Labute approximate surface area is 188 Å². The van der Waals surface area contributed by atoms with Crippen LogP contribution in [0.4, 0.5) is 5.69 Å². The molecule has 0 unspecified atom stereocenters. The molecule has 3 aromatic rings. The van der Waals surface area contributed by atoms with Crippen molar-refractivity contribution in [3.63, 3.8) is 0 Å². The van der Waals surface area contributed by atoms with Gasteiger partial charge < -0.3 is 10.6 Å². The smallest absolute Gasteiger partial charge is 0.272 e. The van der Waals surface area contributed by atoms with E-state index in [0.717, 1.165) is 4.47 Å². The molecule has 31 heavy (non-hydrogen) atoms. The Morgan fingerprint density at radius 2 is 1.48 bits per heavy atom. The summed E-state index contributed by atoms with van der Waals surface area (Å²) in [5, 5.41) is 10.4. The van der Waals surface area contributed by atoms with Crippen molar-refractivity contribution in [3.05, 3.63) is 100 Å². The maximum absolute atomic E-state index is 12.9. The van der Waals surface area contributed by atoms with Crippen LogP contribution in [0.25, 0.3) is 6.08 Å². The third kappa shape index (κ3) is 6.35. The van der Waals surface area contributed by atoms with Gasteiger partial charge in [-0.05, 0) is 60.2 Å². The number of sulfonamides is 1. The average Bonchev–Trinajstić information content (AvgIpc) is 2.75. The summed E-state index contributed by atoms with van der Waals surface area (Å²) >= 11 is 3.35. The summed E-state index contributed by atoms with van der Waals surface area (Å²) in [4.78, 5) is 25.4. The van der Waals surface area contributed by atoms with Crippen LogP contribution in [0.2, 0.25) is 0 Å². The number of hydrogen-bond acceptors (Lipinski definition) is 4. The zero-order valence-electron chi connectivity index (χ0n) is 16.1. The lowest BCUT2D eigenvalue weighted by atomic mass is 10.1. The number of nitrogens with one attached hydrogen (secondary N) is 2. The molecular weight excluding hydrogens is 482 g/mol. The van der Waals surface area contributed by atoms with Crippen molar-refractivity contribution in [2.75, 3.05) is 5.32 Å². The summed E-state index contributed by atoms with van der Waals surface area (Å²) in [7, 11) is -3.84. The predicted octanol–water partition coefficient (Wildman–Crippen LogP) is 3.51. The van der Waals surface area contributed by atoms with Crippen molar-refractivity contribution in [1.29, 1.82) is 0 Å². The fourth-order valence-corrected chi connectivity index (χ4v) is 3.37. The Bertz CT molecular complexity index is 1220. The summed E-state index contributed by atoms with van der Waals surface area (Å²) in [6.45, 7) is 0. The maximum Gasteiger partial charge on any atom is 0.272 e. The molecule has 0 bridgehead atoms. The molecule has 2 amide bonds. The van der Waals surface area contributed by atoms with Crippen LogP contribution in [0, 0.1) is 0 Å². The molecule has 0 aromatic heterocycles. The van der Waals surface area contributed by atoms with E-state index in [-0.39, 0.29) is 10.6 Å². The van der Waals surface area contributed by atoms with Gasteiger partial charge in [-0.15, -0.1) is 0 Å². The molecule has 0 radical (unpaired) electrons. The molecule has 4 N–H and O–H groups in total.